The van der Waals surface area contributed by atoms with Crippen molar-refractivity contribution in [3.8, 4) is 0 Å². The second kappa shape index (κ2) is 10.8. The molecule has 0 radical (unpaired) electrons. The van der Waals surface area contributed by atoms with Gasteiger partial charge in [-0.3, -0.25) is 9.59 Å². The summed E-state index contributed by atoms with van der Waals surface area (Å²) in [6, 6.07) is 0. The summed E-state index contributed by atoms with van der Waals surface area (Å²) in [6.07, 6.45) is 13.2. The lowest BCUT2D eigenvalue weighted by molar-refractivity contribution is -0.161. The molecule has 5 nitrogen and oxygen atoms in total. The third-order valence-electron chi connectivity index (χ3n) is 12.1. The van der Waals surface area contributed by atoms with Gasteiger partial charge in [-0.05, 0) is 111 Å². The monoisotopic (exact) mass is 528 g/mol. The molecule has 0 spiro atoms. The van der Waals surface area contributed by atoms with Crippen LogP contribution in [0.1, 0.15) is 119 Å². The summed E-state index contributed by atoms with van der Waals surface area (Å²) in [7, 11) is 0. The van der Waals surface area contributed by atoms with Gasteiger partial charge in [-0.25, -0.2) is 0 Å². The molecule has 38 heavy (non-hydrogen) atoms. The largest absolute Gasteiger partial charge is 0.494 e. The van der Waals surface area contributed by atoms with E-state index in [1.54, 1.807) is 0 Å². The van der Waals surface area contributed by atoms with Crippen molar-refractivity contribution in [2.24, 2.45) is 46.3 Å². The van der Waals surface area contributed by atoms with Crippen molar-refractivity contribution in [1.82, 2.24) is 0 Å². The van der Waals surface area contributed by atoms with E-state index in [-0.39, 0.29) is 18.0 Å². The first-order chi connectivity index (χ1) is 18.1. The molecule has 1 heterocycles. The molecule has 1 aliphatic heterocycles. The highest BCUT2D eigenvalue weighted by atomic mass is 16.5. The van der Waals surface area contributed by atoms with Gasteiger partial charge in [-0.2, -0.15) is 0 Å². The Balaban J connectivity index is 1.23. The number of carbonyl (C=O) groups excluding carboxylic acids is 2. The summed E-state index contributed by atoms with van der Waals surface area (Å²) < 4.78 is 17.9. The van der Waals surface area contributed by atoms with Crippen molar-refractivity contribution in [1.29, 1.82) is 0 Å². The molecule has 0 N–H and O–H groups in total. The molecule has 5 aliphatic rings. The molecule has 0 saturated heterocycles. The average Bonchev–Trinajstić information content (AvgIpc) is 3.38. The third kappa shape index (κ3) is 4.83. The molecule has 0 bridgehead atoms. The first kappa shape index (κ1) is 28.0. The molecule has 0 unspecified atom stereocenters. The molecular formula is C33H52O5. The SMILES string of the molecule is CCC(=O)OC[C@H](C)CCC1=C(C)[C@H]2[C@@H](C[C@H]3[C@@H]4CC[C@H]5C[C@@H](OC(=O)CC)CC[C@]5(C)[C@H]4CC[C@@]32C)O1. The van der Waals surface area contributed by atoms with E-state index >= 15 is 0 Å². The first-order valence-corrected chi connectivity index (χ1v) is 15.8. The Morgan fingerprint density at radius 1 is 0.974 bits per heavy atom. The number of hydrogen-bond acceptors (Lipinski definition) is 5. The molecule has 4 saturated carbocycles. The van der Waals surface area contributed by atoms with Gasteiger partial charge in [0.2, 0.25) is 0 Å². The number of rotatable bonds is 8. The number of allylic oxidation sites excluding steroid dienone is 1. The van der Waals surface area contributed by atoms with E-state index < -0.39 is 0 Å². The topological polar surface area (TPSA) is 61.8 Å². The maximum atomic E-state index is 11.9. The Bertz CT molecular complexity index is 940. The second-order valence-corrected chi connectivity index (χ2v) is 14.1. The number of ether oxygens (including phenoxy) is 3. The Labute approximate surface area is 230 Å². The van der Waals surface area contributed by atoms with Crippen molar-refractivity contribution in [3.05, 3.63) is 11.3 Å². The van der Waals surface area contributed by atoms with Crippen LogP contribution in [0.5, 0.6) is 0 Å². The van der Waals surface area contributed by atoms with Crippen LogP contribution in [-0.4, -0.2) is 30.8 Å². The van der Waals surface area contributed by atoms with Gasteiger partial charge >= 0.3 is 11.9 Å². The highest BCUT2D eigenvalue weighted by molar-refractivity contribution is 5.69. The van der Waals surface area contributed by atoms with E-state index in [0.717, 1.165) is 43.4 Å². The van der Waals surface area contributed by atoms with E-state index in [1.165, 1.54) is 49.9 Å². The van der Waals surface area contributed by atoms with Crippen LogP contribution in [0.3, 0.4) is 0 Å². The minimum absolute atomic E-state index is 0.0320. The third-order valence-corrected chi connectivity index (χ3v) is 12.1. The van der Waals surface area contributed by atoms with Crippen molar-refractivity contribution < 1.29 is 23.8 Å². The minimum atomic E-state index is -0.107. The number of esters is 2. The van der Waals surface area contributed by atoms with Crippen molar-refractivity contribution in [3.63, 3.8) is 0 Å². The summed E-state index contributed by atoms with van der Waals surface area (Å²) in [6.45, 7) is 13.9. The van der Waals surface area contributed by atoms with Crippen molar-refractivity contribution in [2.45, 2.75) is 131 Å². The van der Waals surface area contributed by atoms with E-state index in [4.69, 9.17) is 14.2 Å². The standard InChI is InChI=1S/C33H52O5/c1-7-29(34)36-19-20(3)9-12-27-21(4)31-28(38-27)18-26-24-11-10-22-17-23(37-30(35)8-2)13-15-32(22,5)25(24)14-16-33(26,31)6/h20,22-26,28,31H,7-19H2,1-6H3/t20-,22+,23+,24-,25+,26+,28-,31+,32+,33+/m1/s1. The summed E-state index contributed by atoms with van der Waals surface area (Å²) in [5, 5.41) is 0. The minimum Gasteiger partial charge on any atom is -0.494 e. The maximum Gasteiger partial charge on any atom is 0.305 e. The van der Waals surface area contributed by atoms with Crippen LogP contribution in [0, 0.1) is 46.3 Å². The first-order valence-electron chi connectivity index (χ1n) is 15.8. The molecule has 0 amide bonds. The highest BCUT2D eigenvalue weighted by Crippen LogP contribution is 2.69. The van der Waals surface area contributed by atoms with Crippen molar-refractivity contribution in [2.75, 3.05) is 6.61 Å². The zero-order valence-corrected chi connectivity index (χ0v) is 24.9. The molecular weight excluding hydrogens is 476 g/mol. The Hall–Kier alpha value is -1.52. The molecule has 0 aromatic carbocycles. The second-order valence-electron chi connectivity index (χ2n) is 14.1. The maximum absolute atomic E-state index is 11.9. The van der Waals surface area contributed by atoms with E-state index in [1.807, 2.05) is 13.8 Å². The smallest absolute Gasteiger partial charge is 0.305 e. The molecule has 0 aromatic rings. The van der Waals surface area contributed by atoms with Crippen LogP contribution in [0.25, 0.3) is 0 Å². The Morgan fingerprint density at radius 2 is 1.71 bits per heavy atom. The van der Waals surface area contributed by atoms with Crippen LogP contribution < -0.4 is 0 Å². The van der Waals surface area contributed by atoms with E-state index in [2.05, 4.69) is 27.7 Å². The average molecular weight is 529 g/mol. The van der Waals surface area contributed by atoms with Crippen LogP contribution in [-0.2, 0) is 23.8 Å². The number of fused-ring (bicyclic) bond motifs is 7. The lowest BCUT2D eigenvalue weighted by atomic mass is 9.44. The molecule has 5 rings (SSSR count). The Morgan fingerprint density at radius 3 is 2.45 bits per heavy atom. The predicted molar refractivity (Wildman–Crippen MR) is 148 cm³/mol. The molecule has 10 atom stereocenters. The molecule has 0 aromatic heterocycles. The summed E-state index contributed by atoms with van der Waals surface area (Å²) in [4.78, 5) is 23.5. The van der Waals surface area contributed by atoms with E-state index in [9.17, 15) is 9.59 Å². The van der Waals surface area contributed by atoms with Crippen LogP contribution in [0.15, 0.2) is 11.3 Å². The van der Waals surface area contributed by atoms with Gasteiger partial charge in [0.25, 0.3) is 0 Å². The predicted octanol–water partition coefficient (Wildman–Crippen LogP) is 7.62. The molecule has 4 fully saturated rings. The van der Waals surface area contributed by atoms with Crippen molar-refractivity contribution >= 4 is 11.9 Å². The fourth-order valence-corrected chi connectivity index (χ4v) is 9.98. The van der Waals surface area contributed by atoms with E-state index in [0.29, 0.717) is 54.1 Å². The van der Waals surface area contributed by atoms with Crippen LogP contribution in [0.2, 0.25) is 0 Å². The molecule has 5 heteroatoms. The van der Waals surface area contributed by atoms with Gasteiger partial charge in [0, 0.05) is 25.2 Å². The quantitative estimate of drug-likeness (QED) is 0.303. The fraction of sp³-hybridized carbons (Fsp3) is 0.879. The number of carbonyl (C=O) groups is 2. The normalized spacial score (nSPS) is 42.3. The fourth-order valence-electron chi connectivity index (χ4n) is 9.98. The van der Waals surface area contributed by atoms with Gasteiger partial charge in [0.15, 0.2) is 0 Å². The number of hydrogen-bond donors (Lipinski definition) is 0. The van der Waals surface area contributed by atoms with Gasteiger partial charge < -0.3 is 14.2 Å². The molecule has 4 aliphatic carbocycles. The zero-order chi connectivity index (χ0) is 27.2. The Kier molecular flexibility index (Phi) is 7.97. The van der Waals surface area contributed by atoms with Gasteiger partial charge in [0.1, 0.15) is 12.2 Å². The lowest BCUT2D eigenvalue weighted by Crippen LogP contribution is -2.54. The van der Waals surface area contributed by atoms with Gasteiger partial charge in [-0.1, -0.05) is 34.6 Å². The lowest BCUT2D eigenvalue weighted by Gasteiger charge is -2.61. The van der Waals surface area contributed by atoms with Gasteiger partial charge in [-0.15, -0.1) is 0 Å². The van der Waals surface area contributed by atoms with Crippen LogP contribution in [0.4, 0.5) is 0 Å². The summed E-state index contributed by atoms with van der Waals surface area (Å²) >= 11 is 0. The summed E-state index contributed by atoms with van der Waals surface area (Å²) in [5.74, 6) is 5.07. The highest BCUT2D eigenvalue weighted by Gasteiger charge is 2.64. The van der Waals surface area contributed by atoms with Gasteiger partial charge in [0.05, 0.1) is 12.4 Å². The summed E-state index contributed by atoms with van der Waals surface area (Å²) in [5.41, 5.74) is 2.25. The van der Waals surface area contributed by atoms with Crippen LogP contribution >= 0.6 is 0 Å². The zero-order valence-electron chi connectivity index (χ0n) is 24.9. The molecule has 214 valence electrons.